The summed E-state index contributed by atoms with van der Waals surface area (Å²) in [5.41, 5.74) is 9.33. The number of nitrogens with zero attached hydrogens (tertiary/aromatic N) is 2. The normalized spacial score (nSPS) is 15.9. The van der Waals surface area contributed by atoms with Gasteiger partial charge in [-0.25, -0.2) is 0 Å². The summed E-state index contributed by atoms with van der Waals surface area (Å²) >= 11 is 0. The fourth-order valence-electron chi connectivity index (χ4n) is 2.28. The first kappa shape index (κ1) is 12.9. The molecule has 0 saturated carbocycles. The third kappa shape index (κ3) is 3.01. The molecular weight excluding hydrogens is 226 g/mol. The molecule has 4 heteroatoms. The maximum absolute atomic E-state index is 11.7. The second kappa shape index (κ2) is 5.40. The van der Waals surface area contributed by atoms with Crippen molar-refractivity contribution in [2.24, 2.45) is 0 Å². The SMILES string of the molecule is CN(C)C(=O)CN1CCc2ccc(N)cc2CC1. The second-order valence-corrected chi connectivity index (χ2v) is 5.09. The molecule has 2 N–H and O–H groups in total. The van der Waals surface area contributed by atoms with E-state index in [0.29, 0.717) is 6.54 Å². The highest BCUT2D eigenvalue weighted by molar-refractivity contribution is 5.77. The van der Waals surface area contributed by atoms with Gasteiger partial charge in [-0.1, -0.05) is 6.07 Å². The monoisotopic (exact) mass is 247 g/mol. The minimum atomic E-state index is 0.167. The molecule has 1 amide bonds. The fourth-order valence-corrected chi connectivity index (χ4v) is 2.28. The summed E-state index contributed by atoms with van der Waals surface area (Å²) in [6.45, 7) is 2.38. The molecule has 0 radical (unpaired) electrons. The smallest absolute Gasteiger partial charge is 0.236 e. The van der Waals surface area contributed by atoms with Gasteiger partial charge in [0.05, 0.1) is 6.54 Å². The number of benzene rings is 1. The standard InChI is InChI=1S/C14H21N3O/c1-16(2)14(18)10-17-7-5-11-3-4-13(15)9-12(11)6-8-17/h3-4,9H,5-8,10,15H2,1-2H3. The Bertz CT molecular complexity index is 443. The number of nitrogens with two attached hydrogens (primary N) is 1. The number of nitrogen functional groups attached to an aromatic ring is 1. The van der Waals surface area contributed by atoms with Crippen LogP contribution < -0.4 is 5.73 Å². The quantitative estimate of drug-likeness (QED) is 0.785. The Morgan fingerprint density at radius 2 is 1.94 bits per heavy atom. The van der Waals surface area contributed by atoms with E-state index in [0.717, 1.165) is 31.6 Å². The zero-order valence-electron chi connectivity index (χ0n) is 11.1. The van der Waals surface area contributed by atoms with E-state index < -0.39 is 0 Å². The van der Waals surface area contributed by atoms with Crippen LogP contribution in [-0.2, 0) is 17.6 Å². The zero-order valence-corrected chi connectivity index (χ0v) is 11.1. The number of carbonyl (C=O) groups excluding carboxylic acids is 1. The summed E-state index contributed by atoms with van der Waals surface area (Å²) < 4.78 is 0. The molecule has 1 aliphatic rings. The van der Waals surface area contributed by atoms with E-state index in [-0.39, 0.29) is 5.91 Å². The van der Waals surface area contributed by atoms with Crippen molar-refractivity contribution in [1.82, 2.24) is 9.80 Å². The molecule has 1 aromatic carbocycles. The van der Waals surface area contributed by atoms with Gasteiger partial charge in [-0.15, -0.1) is 0 Å². The number of hydrogen-bond donors (Lipinski definition) is 1. The van der Waals surface area contributed by atoms with E-state index in [1.807, 2.05) is 6.07 Å². The van der Waals surface area contributed by atoms with Crippen molar-refractivity contribution in [3.63, 3.8) is 0 Å². The molecule has 2 rings (SSSR count). The number of anilines is 1. The lowest BCUT2D eigenvalue weighted by atomic mass is 10.0. The van der Waals surface area contributed by atoms with Crippen molar-refractivity contribution in [2.75, 3.05) is 39.5 Å². The maximum atomic E-state index is 11.7. The predicted molar refractivity (Wildman–Crippen MR) is 73.4 cm³/mol. The van der Waals surface area contributed by atoms with Gasteiger partial charge in [-0.3, -0.25) is 9.69 Å². The Hall–Kier alpha value is -1.55. The van der Waals surface area contributed by atoms with Gasteiger partial charge in [0.15, 0.2) is 0 Å². The van der Waals surface area contributed by atoms with Gasteiger partial charge in [0.2, 0.25) is 5.91 Å². The number of fused-ring (bicyclic) bond motifs is 1. The van der Waals surface area contributed by atoms with E-state index >= 15 is 0 Å². The second-order valence-electron chi connectivity index (χ2n) is 5.09. The molecule has 1 aliphatic heterocycles. The molecule has 0 bridgehead atoms. The lowest BCUT2D eigenvalue weighted by Gasteiger charge is -2.21. The highest BCUT2D eigenvalue weighted by Gasteiger charge is 2.17. The van der Waals surface area contributed by atoms with Crippen molar-refractivity contribution in [2.45, 2.75) is 12.8 Å². The van der Waals surface area contributed by atoms with Crippen molar-refractivity contribution < 1.29 is 4.79 Å². The summed E-state index contributed by atoms with van der Waals surface area (Å²) in [7, 11) is 3.60. The predicted octanol–water partition coefficient (Wildman–Crippen LogP) is 0.758. The molecule has 18 heavy (non-hydrogen) atoms. The molecule has 0 fully saturated rings. The van der Waals surface area contributed by atoms with Gasteiger partial charge >= 0.3 is 0 Å². The van der Waals surface area contributed by atoms with Crippen LogP contribution in [0.4, 0.5) is 5.69 Å². The topological polar surface area (TPSA) is 49.6 Å². The van der Waals surface area contributed by atoms with Crippen molar-refractivity contribution in [3.05, 3.63) is 29.3 Å². The Morgan fingerprint density at radius 3 is 2.61 bits per heavy atom. The highest BCUT2D eigenvalue weighted by Crippen LogP contribution is 2.18. The third-order valence-corrected chi connectivity index (χ3v) is 3.48. The summed E-state index contributed by atoms with van der Waals surface area (Å²) in [5, 5.41) is 0. The van der Waals surface area contributed by atoms with Gasteiger partial charge in [-0.05, 0) is 36.1 Å². The van der Waals surface area contributed by atoms with Crippen LogP contribution >= 0.6 is 0 Å². The van der Waals surface area contributed by atoms with E-state index in [2.05, 4.69) is 17.0 Å². The first-order chi connectivity index (χ1) is 8.56. The lowest BCUT2D eigenvalue weighted by Crippen LogP contribution is -2.37. The summed E-state index contributed by atoms with van der Waals surface area (Å²) in [4.78, 5) is 15.6. The van der Waals surface area contributed by atoms with Gasteiger partial charge in [-0.2, -0.15) is 0 Å². The maximum Gasteiger partial charge on any atom is 0.236 e. The summed E-state index contributed by atoms with van der Waals surface area (Å²) in [6, 6.07) is 6.13. The van der Waals surface area contributed by atoms with Gasteiger partial charge in [0.1, 0.15) is 0 Å². The molecule has 0 aromatic heterocycles. The van der Waals surface area contributed by atoms with Crippen molar-refractivity contribution in [3.8, 4) is 0 Å². The molecule has 1 aromatic rings. The number of rotatable bonds is 2. The van der Waals surface area contributed by atoms with E-state index in [9.17, 15) is 4.79 Å². The third-order valence-electron chi connectivity index (χ3n) is 3.48. The largest absolute Gasteiger partial charge is 0.399 e. The Kier molecular flexibility index (Phi) is 3.87. The average molecular weight is 247 g/mol. The van der Waals surface area contributed by atoms with Gasteiger partial charge in [0.25, 0.3) is 0 Å². The van der Waals surface area contributed by atoms with Gasteiger partial charge in [0, 0.05) is 32.9 Å². The molecule has 4 nitrogen and oxygen atoms in total. The van der Waals surface area contributed by atoms with E-state index in [1.54, 1.807) is 19.0 Å². The Morgan fingerprint density at radius 1 is 1.28 bits per heavy atom. The number of likely N-dealkylation sites (N-methyl/N-ethyl adjacent to an activating group) is 1. The fraction of sp³-hybridized carbons (Fsp3) is 0.500. The Balaban J connectivity index is 2.01. The van der Waals surface area contributed by atoms with Gasteiger partial charge < -0.3 is 10.6 Å². The molecule has 0 spiro atoms. The summed E-state index contributed by atoms with van der Waals surface area (Å²) in [5.74, 6) is 0.167. The number of amides is 1. The van der Waals surface area contributed by atoms with Crippen LogP contribution in [0.15, 0.2) is 18.2 Å². The molecular formula is C14H21N3O. The van der Waals surface area contributed by atoms with Crippen LogP contribution in [0.2, 0.25) is 0 Å². The van der Waals surface area contributed by atoms with Crippen molar-refractivity contribution >= 4 is 11.6 Å². The molecule has 0 aliphatic carbocycles. The van der Waals surface area contributed by atoms with Crippen LogP contribution in [0, 0.1) is 0 Å². The van der Waals surface area contributed by atoms with Crippen LogP contribution in [0.5, 0.6) is 0 Å². The van der Waals surface area contributed by atoms with Crippen LogP contribution in [0.3, 0.4) is 0 Å². The lowest BCUT2D eigenvalue weighted by molar-refractivity contribution is -0.129. The van der Waals surface area contributed by atoms with Crippen LogP contribution in [-0.4, -0.2) is 49.4 Å². The molecule has 98 valence electrons. The van der Waals surface area contributed by atoms with Crippen molar-refractivity contribution in [1.29, 1.82) is 0 Å². The molecule has 0 atom stereocenters. The minimum absolute atomic E-state index is 0.167. The first-order valence-electron chi connectivity index (χ1n) is 6.36. The molecule has 0 unspecified atom stereocenters. The highest BCUT2D eigenvalue weighted by atomic mass is 16.2. The average Bonchev–Trinajstić information content (AvgIpc) is 2.52. The summed E-state index contributed by atoms with van der Waals surface area (Å²) in [6.07, 6.45) is 1.97. The first-order valence-corrected chi connectivity index (χ1v) is 6.36. The zero-order chi connectivity index (χ0) is 13.1. The Labute approximate surface area is 108 Å². The number of carbonyl (C=O) groups is 1. The molecule has 0 saturated heterocycles. The van der Waals surface area contributed by atoms with Crippen LogP contribution in [0.25, 0.3) is 0 Å². The number of hydrogen-bond acceptors (Lipinski definition) is 3. The van der Waals surface area contributed by atoms with Crippen LogP contribution in [0.1, 0.15) is 11.1 Å². The molecule has 1 heterocycles. The van der Waals surface area contributed by atoms with E-state index in [4.69, 9.17) is 5.73 Å². The van der Waals surface area contributed by atoms with E-state index in [1.165, 1.54) is 11.1 Å². The minimum Gasteiger partial charge on any atom is -0.399 e.